The van der Waals surface area contributed by atoms with Gasteiger partial charge in [-0.15, -0.1) is 5.10 Å². The molecule has 0 bridgehead atoms. The second-order valence-corrected chi connectivity index (χ2v) is 4.98. The number of hydrogen-bond acceptors (Lipinski definition) is 7. The van der Waals surface area contributed by atoms with Crippen molar-refractivity contribution in [3.8, 4) is 0 Å². The van der Waals surface area contributed by atoms with Crippen LogP contribution in [0.15, 0.2) is 0 Å². The Morgan fingerprint density at radius 3 is 3.00 bits per heavy atom. The van der Waals surface area contributed by atoms with Crippen molar-refractivity contribution < 1.29 is 9.53 Å². The molecule has 1 atom stereocenters. The number of nitrogens with zero attached hydrogens (tertiary/aromatic N) is 4. The number of esters is 1. The zero-order valence-corrected chi connectivity index (χ0v) is 11.6. The first-order valence-corrected chi connectivity index (χ1v) is 7.09. The molecular weight excluding hydrogens is 260 g/mol. The fourth-order valence-corrected chi connectivity index (χ4v) is 2.49. The number of piperazine rings is 1. The number of rotatable bonds is 3. The highest BCUT2D eigenvalue weighted by atomic mass is 16.5. The number of carbonyl (C=O) groups excluding carboxylic acids is 1. The summed E-state index contributed by atoms with van der Waals surface area (Å²) in [6.07, 6.45) is 0. The number of ether oxygens (including phenoxy) is 1. The minimum absolute atomic E-state index is 0.176. The van der Waals surface area contributed by atoms with Crippen molar-refractivity contribution >= 4 is 17.9 Å². The van der Waals surface area contributed by atoms with E-state index in [1.54, 1.807) is 4.68 Å². The van der Waals surface area contributed by atoms with Gasteiger partial charge in [0.2, 0.25) is 11.9 Å². The van der Waals surface area contributed by atoms with Gasteiger partial charge in [-0.1, -0.05) is 0 Å². The van der Waals surface area contributed by atoms with Crippen LogP contribution in [0.4, 0.5) is 11.9 Å². The van der Waals surface area contributed by atoms with Crippen LogP contribution < -0.4 is 15.5 Å². The molecule has 1 saturated heterocycles. The van der Waals surface area contributed by atoms with Crippen LogP contribution in [-0.4, -0.2) is 60.1 Å². The number of nitrogens with one attached hydrogen (secondary N) is 2. The van der Waals surface area contributed by atoms with Gasteiger partial charge in [-0.2, -0.15) is 4.98 Å². The molecule has 1 aromatic rings. The van der Waals surface area contributed by atoms with Gasteiger partial charge in [0.05, 0.1) is 19.1 Å². The van der Waals surface area contributed by atoms with Crippen LogP contribution in [0.1, 0.15) is 6.92 Å². The van der Waals surface area contributed by atoms with E-state index in [0.29, 0.717) is 19.7 Å². The first-order chi connectivity index (χ1) is 9.78. The van der Waals surface area contributed by atoms with E-state index in [1.165, 1.54) is 0 Å². The van der Waals surface area contributed by atoms with Crippen LogP contribution >= 0.6 is 0 Å². The van der Waals surface area contributed by atoms with E-state index < -0.39 is 0 Å². The maximum absolute atomic E-state index is 11.8. The Bertz CT molecular complexity index is 482. The highest BCUT2D eigenvalue weighted by molar-refractivity contribution is 5.73. The van der Waals surface area contributed by atoms with Crippen LogP contribution in [0.5, 0.6) is 0 Å². The van der Waals surface area contributed by atoms with E-state index in [9.17, 15) is 4.79 Å². The summed E-state index contributed by atoms with van der Waals surface area (Å²) in [5.41, 5.74) is 0. The molecule has 110 valence electrons. The van der Waals surface area contributed by atoms with Crippen molar-refractivity contribution in [2.75, 3.05) is 49.5 Å². The van der Waals surface area contributed by atoms with Crippen LogP contribution in [0.2, 0.25) is 0 Å². The fourth-order valence-electron chi connectivity index (χ4n) is 2.49. The molecule has 1 fully saturated rings. The van der Waals surface area contributed by atoms with Gasteiger partial charge >= 0.3 is 5.97 Å². The number of aromatic nitrogens is 3. The molecule has 3 heterocycles. The molecule has 20 heavy (non-hydrogen) atoms. The number of anilines is 2. The van der Waals surface area contributed by atoms with Gasteiger partial charge < -0.3 is 20.3 Å². The van der Waals surface area contributed by atoms with Gasteiger partial charge in [-0.25, -0.2) is 4.68 Å². The second-order valence-electron chi connectivity index (χ2n) is 4.98. The standard InChI is InChI=1S/C12H20N6O2/c1-2-20-10(19)9-7-14-11-15-12(16-18(11)8-9)17-5-3-13-4-6-17/h9,13H,2-8H2,1H3,(H,14,15,16). The zero-order chi connectivity index (χ0) is 13.9. The van der Waals surface area contributed by atoms with Gasteiger partial charge in [0.15, 0.2) is 0 Å². The first kappa shape index (κ1) is 13.2. The summed E-state index contributed by atoms with van der Waals surface area (Å²) in [7, 11) is 0. The third kappa shape index (κ3) is 2.55. The van der Waals surface area contributed by atoms with Gasteiger partial charge in [0, 0.05) is 32.7 Å². The minimum atomic E-state index is -0.194. The number of fused-ring (bicyclic) bond motifs is 1. The van der Waals surface area contributed by atoms with E-state index in [2.05, 4.69) is 25.6 Å². The Morgan fingerprint density at radius 2 is 2.25 bits per heavy atom. The molecule has 8 nitrogen and oxygen atoms in total. The average Bonchev–Trinajstić information content (AvgIpc) is 2.91. The normalized spacial score (nSPS) is 22.1. The van der Waals surface area contributed by atoms with E-state index in [0.717, 1.165) is 38.1 Å². The monoisotopic (exact) mass is 280 g/mol. The van der Waals surface area contributed by atoms with Crippen molar-refractivity contribution in [1.82, 2.24) is 20.1 Å². The molecule has 0 aromatic carbocycles. The molecule has 0 radical (unpaired) electrons. The van der Waals surface area contributed by atoms with E-state index in [4.69, 9.17) is 4.74 Å². The SMILES string of the molecule is CCOC(=O)C1CNc2nc(N3CCNCC3)nn2C1. The summed E-state index contributed by atoms with van der Waals surface area (Å²) >= 11 is 0. The van der Waals surface area contributed by atoms with E-state index in [1.807, 2.05) is 6.92 Å². The summed E-state index contributed by atoms with van der Waals surface area (Å²) in [5.74, 6) is 1.10. The molecule has 8 heteroatoms. The van der Waals surface area contributed by atoms with Crippen LogP contribution in [0.25, 0.3) is 0 Å². The lowest BCUT2D eigenvalue weighted by Crippen LogP contribution is -2.44. The second kappa shape index (κ2) is 5.66. The van der Waals surface area contributed by atoms with Crippen molar-refractivity contribution in [1.29, 1.82) is 0 Å². The Hall–Kier alpha value is -1.83. The van der Waals surface area contributed by atoms with Crippen molar-refractivity contribution in [3.63, 3.8) is 0 Å². The number of carbonyl (C=O) groups is 1. The molecule has 2 aliphatic heterocycles. The van der Waals surface area contributed by atoms with E-state index >= 15 is 0 Å². The smallest absolute Gasteiger partial charge is 0.312 e. The molecule has 2 N–H and O–H groups in total. The minimum Gasteiger partial charge on any atom is -0.466 e. The molecule has 0 saturated carbocycles. The largest absolute Gasteiger partial charge is 0.466 e. The van der Waals surface area contributed by atoms with Crippen molar-refractivity contribution in [2.45, 2.75) is 13.5 Å². The van der Waals surface area contributed by atoms with E-state index in [-0.39, 0.29) is 11.9 Å². The lowest BCUT2D eigenvalue weighted by atomic mass is 10.1. The van der Waals surface area contributed by atoms with Gasteiger partial charge in [-0.05, 0) is 6.92 Å². The Kier molecular flexibility index (Phi) is 3.72. The molecule has 0 aliphatic carbocycles. The summed E-state index contributed by atoms with van der Waals surface area (Å²) in [6, 6.07) is 0. The highest BCUT2D eigenvalue weighted by Gasteiger charge is 2.28. The summed E-state index contributed by atoms with van der Waals surface area (Å²) < 4.78 is 6.83. The molecule has 0 amide bonds. The molecular formula is C12H20N6O2. The molecule has 0 spiro atoms. The molecule has 3 rings (SSSR count). The lowest BCUT2D eigenvalue weighted by Gasteiger charge is -2.25. The first-order valence-electron chi connectivity index (χ1n) is 7.09. The van der Waals surface area contributed by atoms with Gasteiger partial charge in [-0.3, -0.25) is 4.79 Å². The molecule has 1 aromatic heterocycles. The Morgan fingerprint density at radius 1 is 1.45 bits per heavy atom. The van der Waals surface area contributed by atoms with Crippen molar-refractivity contribution in [2.24, 2.45) is 5.92 Å². The average molecular weight is 280 g/mol. The van der Waals surface area contributed by atoms with Gasteiger partial charge in [0.1, 0.15) is 0 Å². The number of hydrogen-bond donors (Lipinski definition) is 2. The summed E-state index contributed by atoms with van der Waals surface area (Å²) in [5, 5.41) is 11.0. The molecule has 1 unspecified atom stereocenters. The third-order valence-electron chi connectivity index (χ3n) is 3.58. The maximum atomic E-state index is 11.8. The third-order valence-corrected chi connectivity index (χ3v) is 3.58. The topological polar surface area (TPSA) is 84.3 Å². The predicted octanol–water partition coefficient (Wildman–Crippen LogP) is -0.707. The molecule has 2 aliphatic rings. The summed E-state index contributed by atoms with van der Waals surface area (Å²) in [4.78, 5) is 18.4. The predicted molar refractivity (Wildman–Crippen MR) is 73.7 cm³/mol. The van der Waals surface area contributed by atoms with Crippen LogP contribution in [0.3, 0.4) is 0 Å². The van der Waals surface area contributed by atoms with Crippen molar-refractivity contribution in [3.05, 3.63) is 0 Å². The zero-order valence-electron chi connectivity index (χ0n) is 11.6. The Labute approximate surface area is 117 Å². The quantitative estimate of drug-likeness (QED) is 0.708. The van der Waals surface area contributed by atoms with Crippen LogP contribution in [0, 0.1) is 5.92 Å². The fraction of sp³-hybridized carbons (Fsp3) is 0.750. The van der Waals surface area contributed by atoms with Gasteiger partial charge in [0.25, 0.3) is 0 Å². The lowest BCUT2D eigenvalue weighted by molar-refractivity contribution is -0.148. The summed E-state index contributed by atoms with van der Waals surface area (Å²) in [6.45, 7) is 7.02. The maximum Gasteiger partial charge on any atom is 0.312 e. The highest BCUT2D eigenvalue weighted by Crippen LogP contribution is 2.20. The Balaban J connectivity index is 1.70. The van der Waals surface area contributed by atoms with Crippen LogP contribution in [-0.2, 0) is 16.1 Å².